The Morgan fingerprint density at radius 1 is 0.308 bits per heavy atom. The topological polar surface area (TPSA) is 78.9 Å². The molecule has 0 fully saturated rings. The Labute approximate surface area is 404 Å². The molecular formula is C59H108O6. The van der Waals surface area contributed by atoms with E-state index in [4.69, 9.17) is 14.2 Å². The lowest BCUT2D eigenvalue weighted by atomic mass is 10.0. The largest absolute Gasteiger partial charge is 0.462 e. The monoisotopic (exact) mass is 913 g/mol. The molecule has 0 spiro atoms. The van der Waals surface area contributed by atoms with Gasteiger partial charge in [-0.05, 0) is 77.0 Å². The van der Waals surface area contributed by atoms with Crippen LogP contribution in [0.2, 0.25) is 0 Å². The van der Waals surface area contributed by atoms with E-state index in [1.54, 1.807) is 0 Å². The van der Waals surface area contributed by atoms with E-state index in [0.717, 1.165) is 89.9 Å². The lowest BCUT2D eigenvalue weighted by Crippen LogP contribution is -2.30. The Kier molecular flexibility index (Phi) is 52.3. The van der Waals surface area contributed by atoms with Gasteiger partial charge in [-0.3, -0.25) is 14.4 Å². The molecule has 0 bridgehead atoms. The molecule has 0 aromatic rings. The Bertz CT molecular complexity index is 1090. The number of hydrogen-bond acceptors (Lipinski definition) is 6. The quantitative estimate of drug-likeness (QED) is 0.0262. The summed E-state index contributed by atoms with van der Waals surface area (Å²) in [5.74, 6) is -0.885. The van der Waals surface area contributed by atoms with Gasteiger partial charge in [-0.15, -0.1) is 0 Å². The van der Waals surface area contributed by atoms with Gasteiger partial charge in [-0.25, -0.2) is 0 Å². The fourth-order valence-corrected chi connectivity index (χ4v) is 8.29. The minimum atomic E-state index is -0.779. The molecule has 0 radical (unpaired) electrons. The van der Waals surface area contributed by atoms with Crippen LogP contribution in [-0.2, 0) is 28.6 Å². The number of carbonyl (C=O) groups is 3. The summed E-state index contributed by atoms with van der Waals surface area (Å²) < 4.78 is 16.8. The first-order valence-corrected chi connectivity index (χ1v) is 28.5. The first kappa shape index (κ1) is 62.6. The van der Waals surface area contributed by atoms with Crippen LogP contribution in [0.3, 0.4) is 0 Å². The highest BCUT2D eigenvalue weighted by atomic mass is 16.6. The van der Waals surface area contributed by atoms with Crippen molar-refractivity contribution in [3.8, 4) is 0 Å². The van der Waals surface area contributed by atoms with Gasteiger partial charge >= 0.3 is 17.9 Å². The Hall–Kier alpha value is -2.37. The van der Waals surface area contributed by atoms with Crippen LogP contribution < -0.4 is 0 Å². The summed E-state index contributed by atoms with van der Waals surface area (Å²) in [5, 5.41) is 0. The van der Waals surface area contributed by atoms with Crippen LogP contribution >= 0.6 is 0 Å². The maximum atomic E-state index is 12.8. The maximum absolute atomic E-state index is 12.8. The minimum absolute atomic E-state index is 0.0771. The zero-order chi connectivity index (χ0) is 47.2. The SMILES string of the molecule is CCCCC/C=C/C/C=C/CCCCCCCC(=O)O[C@H](COC(=O)CCCCCCC/C=C/CCCCCC)COC(=O)CCCCCCCCCCCCCCCCCCCCC. The van der Waals surface area contributed by atoms with Gasteiger partial charge in [0.25, 0.3) is 0 Å². The zero-order valence-corrected chi connectivity index (χ0v) is 43.5. The third kappa shape index (κ3) is 52.5. The predicted octanol–water partition coefficient (Wildman–Crippen LogP) is 18.9. The standard InChI is InChI=1S/C59H108O6/c1-4-7-10-13-16-19-22-25-27-28-29-30-32-34-37-40-43-46-49-52-58(61)64-55-56(54-63-57(60)51-48-45-42-39-36-33-24-21-18-15-12-9-6-3)65-59(62)53-50-47-44-41-38-35-31-26-23-20-17-14-11-8-5-2/h17,20-21,24,26,31,56H,4-16,18-19,22-23,25,27-30,32-55H2,1-3H3/b20-17+,24-21+,31-26+/t56-/m1/s1. The molecule has 0 unspecified atom stereocenters. The van der Waals surface area contributed by atoms with Gasteiger partial charge in [0.2, 0.25) is 0 Å². The lowest BCUT2D eigenvalue weighted by molar-refractivity contribution is -0.167. The van der Waals surface area contributed by atoms with Crippen LogP contribution in [0, 0.1) is 0 Å². The van der Waals surface area contributed by atoms with E-state index in [0.29, 0.717) is 19.3 Å². The first-order valence-electron chi connectivity index (χ1n) is 28.5. The van der Waals surface area contributed by atoms with Crippen molar-refractivity contribution in [3.05, 3.63) is 36.5 Å². The number of esters is 3. The Balaban J connectivity index is 4.33. The average Bonchev–Trinajstić information content (AvgIpc) is 3.30. The third-order valence-electron chi connectivity index (χ3n) is 12.6. The predicted molar refractivity (Wildman–Crippen MR) is 279 cm³/mol. The fourth-order valence-electron chi connectivity index (χ4n) is 8.29. The van der Waals surface area contributed by atoms with Crippen molar-refractivity contribution >= 4 is 17.9 Å². The van der Waals surface area contributed by atoms with E-state index in [2.05, 4.69) is 57.2 Å². The lowest BCUT2D eigenvalue weighted by Gasteiger charge is -2.18. The number of carbonyl (C=O) groups excluding carboxylic acids is 3. The molecule has 0 aromatic carbocycles. The Morgan fingerprint density at radius 3 is 0.908 bits per heavy atom. The van der Waals surface area contributed by atoms with Crippen molar-refractivity contribution < 1.29 is 28.6 Å². The van der Waals surface area contributed by atoms with Gasteiger partial charge in [0.05, 0.1) is 0 Å². The molecule has 0 aromatic heterocycles. The van der Waals surface area contributed by atoms with Gasteiger partial charge in [0, 0.05) is 19.3 Å². The molecule has 0 aliphatic heterocycles. The highest BCUT2D eigenvalue weighted by Gasteiger charge is 2.19. The molecule has 0 N–H and O–H groups in total. The van der Waals surface area contributed by atoms with Gasteiger partial charge < -0.3 is 14.2 Å². The van der Waals surface area contributed by atoms with Crippen molar-refractivity contribution in [1.82, 2.24) is 0 Å². The number of ether oxygens (including phenoxy) is 3. The second-order valence-corrected chi connectivity index (χ2v) is 19.2. The van der Waals surface area contributed by atoms with E-state index >= 15 is 0 Å². The number of rotatable bonds is 52. The molecular weight excluding hydrogens is 805 g/mol. The molecule has 0 aliphatic carbocycles. The summed E-state index contributed by atoms with van der Waals surface area (Å²) in [6.45, 7) is 6.62. The van der Waals surface area contributed by atoms with Gasteiger partial charge in [-0.1, -0.05) is 243 Å². The second kappa shape index (κ2) is 54.2. The highest BCUT2D eigenvalue weighted by molar-refractivity contribution is 5.71. The molecule has 380 valence electrons. The number of hydrogen-bond donors (Lipinski definition) is 0. The average molecular weight is 914 g/mol. The highest BCUT2D eigenvalue weighted by Crippen LogP contribution is 2.16. The van der Waals surface area contributed by atoms with Crippen LogP contribution in [-0.4, -0.2) is 37.2 Å². The minimum Gasteiger partial charge on any atom is -0.462 e. The summed E-state index contributed by atoms with van der Waals surface area (Å²) in [6, 6.07) is 0. The van der Waals surface area contributed by atoms with Gasteiger partial charge in [0.1, 0.15) is 13.2 Å². The summed E-state index contributed by atoms with van der Waals surface area (Å²) >= 11 is 0. The fraction of sp³-hybridized carbons (Fsp3) is 0.847. The molecule has 0 heterocycles. The van der Waals surface area contributed by atoms with Crippen LogP contribution in [0.25, 0.3) is 0 Å². The van der Waals surface area contributed by atoms with Crippen LogP contribution in [0.4, 0.5) is 0 Å². The Morgan fingerprint density at radius 2 is 0.554 bits per heavy atom. The van der Waals surface area contributed by atoms with Gasteiger partial charge in [-0.2, -0.15) is 0 Å². The van der Waals surface area contributed by atoms with E-state index in [1.807, 2.05) is 0 Å². The van der Waals surface area contributed by atoms with E-state index in [1.165, 1.54) is 173 Å². The number of unbranched alkanes of at least 4 members (excludes halogenated alkanes) is 35. The van der Waals surface area contributed by atoms with Crippen LogP contribution in [0.1, 0.15) is 303 Å². The molecule has 0 rings (SSSR count). The molecule has 0 amide bonds. The first-order chi connectivity index (χ1) is 32.0. The molecule has 6 nitrogen and oxygen atoms in total. The molecule has 0 saturated carbocycles. The summed E-state index contributed by atoms with van der Waals surface area (Å²) in [4.78, 5) is 38.1. The van der Waals surface area contributed by atoms with E-state index < -0.39 is 6.10 Å². The summed E-state index contributed by atoms with van der Waals surface area (Å²) in [7, 11) is 0. The maximum Gasteiger partial charge on any atom is 0.306 e. The summed E-state index contributed by atoms with van der Waals surface area (Å²) in [6.07, 6.45) is 64.2. The molecule has 1 atom stereocenters. The van der Waals surface area contributed by atoms with Crippen molar-refractivity contribution in [1.29, 1.82) is 0 Å². The van der Waals surface area contributed by atoms with Crippen molar-refractivity contribution in [2.45, 2.75) is 309 Å². The van der Waals surface area contributed by atoms with Crippen molar-refractivity contribution in [2.24, 2.45) is 0 Å². The van der Waals surface area contributed by atoms with E-state index in [-0.39, 0.29) is 31.1 Å². The third-order valence-corrected chi connectivity index (χ3v) is 12.6. The molecule has 6 heteroatoms. The molecule has 0 aliphatic rings. The van der Waals surface area contributed by atoms with Crippen molar-refractivity contribution in [2.75, 3.05) is 13.2 Å². The zero-order valence-electron chi connectivity index (χ0n) is 43.5. The number of allylic oxidation sites excluding steroid dienone is 6. The van der Waals surface area contributed by atoms with Gasteiger partial charge in [0.15, 0.2) is 6.10 Å². The molecule has 65 heavy (non-hydrogen) atoms. The van der Waals surface area contributed by atoms with Crippen LogP contribution in [0.15, 0.2) is 36.5 Å². The molecule has 0 saturated heterocycles. The smallest absolute Gasteiger partial charge is 0.306 e. The normalized spacial score (nSPS) is 12.2. The van der Waals surface area contributed by atoms with Crippen molar-refractivity contribution in [3.63, 3.8) is 0 Å². The second-order valence-electron chi connectivity index (χ2n) is 19.2. The van der Waals surface area contributed by atoms with Crippen LogP contribution in [0.5, 0.6) is 0 Å². The van der Waals surface area contributed by atoms with E-state index in [9.17, 15) is 14.4 Å². The summed E-state index contributed by atoms with van der Waals surface area (Å²) in [5.41, 5.74) is 0.